The lowest BCUT2D eigenvalue weighted by Crippen LogP contribution is -2.37. The van der Waals surface area contributed by atoms with Gasteiger partial charge in [0, 0.05) is 51.4 Å². The van der Waals surface area contributed by atoms with E-state index in [0.717, 1.165) is 45.4 Å². The number of amides is 2. The van der Waals surface area contributed by atoms with Gasteiger partial charge in [0.15, 0.2) is 0 Å². The van der Waals surface area contributed by atoms with Crippen LogP contribution in [-0.4, -0.2) is 65.9 Å². The Morgan fingerprint density at radius 3 is 2.33 bits per heavy atom. The number of likely N-dealkylation sites (tertiary alicyclic amines) is 1. The predicted molar refractivity (Wildman–Crippen MR) is 107 cm³/mol. The van der Waals surface area contributed by atoms with Gasteiger partial charge in [-0.15, -0.1) is 0 Å². The molecule has 0 saturated carbocycles. The maximum atomic E-state index is 12.6. The third-order valence-corrected chi connectivity index (χ3v) is 5.59. The van der Waals surface area contributed by atoms with Gasteiger partial charge in [-0.2, -0.15) is 0 Å². The molecular weight excluding hydrogens is 364 g/mol. The summed E-state index contributed by atoms with van der Waals surface area (Å²) in [4.78, 5) is 35.3. The lowest BCUT2D eigenvalue weighted by Gasteiger charge is -2.27. The van der Waals surface area contributed by atoms with Crippen molar-refractivity contribution in [3.8, 4) is 0 Å². The van der Waals surface area contributed by atoms with E-state index in [4.69, 9.17) is 11.6 Å². The van der Waals surface area contributed by atoms with Gasteiger partial charge in [-0.3, -0.25) is 9.59 Å². The fraction of sp³-hybridized carbons (Fsp3) is 0.650. The highest BCUT2D eigenvalue weighted by Crippen LogP contribution is 2.26. The van der Waals surface area contributed by atoms with Crippen LogP contribution in [0, 0.1) is 5.92 Å². The summed E-state index contributed by atoms with van der Waals surface area (Å²) in [6.45, 7) is 8.41. The second-order valence-corrected chi connectivity index (χ2v) is 8.11. The van der Waals surface area contributed by atoms with Gasteiger partial charge < -0.3 is 14.7 Å². The van der Waals surface area contributed by atoms with Crippen LogP contribution < -0.4 is 4.90 Å². The quantitative estimate of drug-likeness (QED) is 0.793. The molecule has 1 aromatic rings. The first kappa shape index (κ1) is 19.9. The fourth-order valence-electron chi connectivity index (χ4n) is 3.77. The molecule has 0 unspecified atom stereocenters. The number of aromatic nitrogens is 1. The van der Waals surface area contributed by atoms with Gasteiger partial charge in [0.2, 0.25) is 5.91 Å². The zero-order valence-corrected chi connectivity index (χ0v) is 17.0. The number of carbonyl (C=O) groups excluding carboxylic acids is 2. The number of halogens is 1. The standard InChI is InChI=1S/C20H29ClN4O2/c1-15(2)19(26)25-10-6-9-23(11-12-25)18-17(21)13-16(14-22-18)20(27)24-7-4-3-5-8-24/h13-15H,3-12H2,1-2H3. The Balaban J connectivity index is 1.68. The first-order chi connectivity index (χ1) is 13.0. The molecule has 0 atom stereocenters. The maximum Gasteiger partial charge on any atom is 0.255 e. The van der Waals surface area contributed by atoms with E-state index in [1.165, 1.54) is 6.42 Å². The van der Waals surface area contributed by atoms with Crippen molar-refractivity contribution in [2.75, 3.05) is 44.2 Å². The summed E-state index contributed by atoms with van der Waals surface area (Å²) in [5, 5.41) is 0.501. The summed E-state index contributed by atoms with van der Waals surface area (Å²) >= 11 is 6.49. The average Bonchev–Trinajstić information content (AvgIpc) is 2.93. The molecule has 0 aromatic carbocycles. The van der Waals surface area contributed by atoms with Crippen LogP contribution in [0.25, 0.3) is 0 Å². The summed E-state index contributed by atoms with van der Waals surface area (Å²) in [6.07, 6.45) is 5.83. The van der Waals surface area contributed by atoms with Crippen LogP contribution in [0.2, 0.25) is 5.02 Å². The topological polar surface area (TPSA) is 56.8 Å². The van der Waals surface area contributed by atoms with E-state index in [9.17, 15) is 9.59 Å². The van der Waals surface area contributed by atoms with Gasteiger partial charge in [-0.1, -0.05) is 25.4 Å². The molecule has 2 saturated heterocycles. The van der Waals surface area contributed by atoms with Crippen LogP contribution >= 0.6 is 11.6 Å². The average molecular weight is 393 g/mol. The molecule has 7 heteroatoms. The predicted octanol–water partition coefficient (Wildman–Crippen LogP) is 3.06. The monoisotopic (exact) mass is 392 g/mol. The van der Waals surface area contributed by atoms with E-state index in [-0.39, 0.29) is 17.7 Å². The van der Waals surface area contributed by atoms with Gasteiger partial charge in [0.05, 0.1) is 10.6 Å². The zero-order valence-electron chi connectivity index (χ0n) is 16.3. The van der Waals surface area contributed by atoms with Crippen LogP contribution in [0.15, 0.2) is 12.3 Å². The number of pyridine rings is 1. The first-order valence-electron chi connectivity index (χ1n) is 9.96. The molecule has 3 rings (SSSR count). The highest BCUT2D eigenvalue weighted by atomic mass is 35.5. The molecular formula is C20H29ClN4O2. The van der Waals surface area contributed by atoms with Crippen molar-refractivity contribution in [1.29, 1.82) is 0 Å². The third-order valence-electron chi connectivity index (χ3n) is 5.31. The number of hydrogen-bond acceptors (Lipinski definition) is 4. The molecule has 6 nitrogen and oxygen atoms in total. The Bertz CT molecular complexity index is 689. The Morgan fingerprint density at radius 2 is 1.67 bits per heavy atom. The normalized spacial score (nSPS) is 18.6. The molecule has 148 valence electrons. The minimum absolute atomic E-state index is 0.0124. The van der Waals surface area contributed by atoms with Crippen molar-refractivity contribution in [2.45, 2.75) is 39.5 Å². The summed E-state index contributed by atoms with van der Waals surface area (Å²) < 4.78 is 0. The number of rotatable bonds is 3. The van der Waals surface area contributed by atoms with Crippen molar-refractivity contribution in [3.63, 3.8) is 0 Å². The van der Waals surface area contributed by atoms with Crippen molar-refractivity contribution >= 4 is 29.2 Å². The molecule has 1 aromatic heterocycles. The number of nitrogens with zero attached hydrogens (tertiary/aromatic N) is 4. The first-order valence-corrected chi connectivity index (χ1v) is 10.3. The van der Waals surface area contributed by atoms with Crippen molar-refractivity contribution in [2.24, 2.45) is 5.92 Å². The van der Waals surface area contributed by atoms with E-state index in [1.54, 1.807) is 12.3 Å². The molecule has 3 heterocycles. The molecule has 2 amide bonds. The highest BCUT2D eigenvalue weighted by Gasteiger charge is 2.24. The number of carbonyl (C=O) groups is 2. The molecule has 2 aliphatic heterocycles. The summed E-state index contributed by atoms with van der Waals surface area (Å²) in [5.41, 5.74) is 0.553. The van der Waals surface area contributed by atoms with Crippen LogP contribution in [0.3, 0.4) is 0 Å². The number of hydrogen-bond donors (Lipinski definition) is 0. The largest absolute Gasteiger partial charge is 0.354 e. The Hall–Kier alpha value is -1.82. The van der Waals surface area contributed by atoms with Gasteiger partial charge in [-0.25, -0.2) is 4.98 Å². The smallest absolute Gasteiger partial charge is 0.255 e. The van der Waals surface area contributed by atoms with Crippen LogP contribution in [0.4, 0.5) is 5.82 Å². The van der Waals surface area contributed by atoms with E-state index in [1.807, 2.05) is 23.6 Å². The molecule has 27 heavy (non-hydrogen) atoms. The minimum Gasteiger partial charge on any atom is -0.354 e. The zero-order chi connectivity index (χ0) is 19.4. The van der Waals surface area contributed by atoms with Crippen molar-refractivity contribution < 1.29 is 9.59 Å². The lowest BCUT2D eigenvalue weighted by atomic mass is 10.1. The Morgan fingerprint density at radius 1 is 0.963 bits per heavy atom. The molecule has 0 radical (unpaired) electrons. The second kappa shape index (κ2) is 8.91. The number of piperidine rings is 1. The molecule has 0 aliphatic carbocycles. The highest BCUT2D eigenvalue weighted by molar-refractivity contribution is 6.33. The summed E-state index contributed by atoms with van der Waals surface area (Å²) in [6, 6.07) is 1.74. The van der Waals surface area contributed by atoms with E-state index in [2.05, 4.69) is 9.88 Å². The molecule has 2 aliphatic rings. The Labute approximate surface area is 166 Å². The van der Waals surface area contributed by atoms with Gasteiger partial charge in [0.25, 0.3) is 5.91 Å². The summed E-state index contributed by atoms with van der Waals surface area (Å²) in [7, 11) is 0. The fourth-order valence-corrected chi connectivity index (χ4v) is 4.06. The maximum absolute atomic E-state index is 12.6. The van der Waals surface area contributed by atoms with E-state index >= 15 is 0 Å². The van der Waals surface area contributed by atoms with Gasteiger partial charge >= 0.3 is 0 Å². The van der Waals surface area contributed by atoms with Crippen molar-refractivity contribution in [1.82, 2.24) is 14.8 Å². The van der Waals surface area contributed by atoms with Crippen LogP contribution in [0.5, 0.6) is 0 Å². The number of anilines is 1. The van der Waals surface area contributed by atoms with Crippen molar-refractivity contribution in [3.05, 3.63) is 22.8 Å². The SMILES string of the molecule is CC(C)C(=O)N1CCCN(c2ncc(C(=O)N3CCCCC3)cc2Cl)CC1. The van der Waals surface area contributed by atoms with Crippen LogP contribution in [-0.2, 0) is 4.79 Å². The minimum atomic E-state index is 0.0124. The molecule has 0 N–H and O–H groups in total. The van der Waals surface area contributed by atoms with Crippen LogP contribution in [0.1, 0.15) is 49.9 Å². The van der Waals surface area contributed by atoms with E-state index in [0.29, 0.717) is 29.5 Å². The Kier molecular flexibility index (Phi) is 6.58. The third kappa shape index (κ3) is 4.72. The van der Waals surface area contributed by atoms with Gasteiger partial charge in [0.1, 0.15) is 5.82 Å². The van der Waals surface area contributed by atoms with Gasteiger partial charge in [-0.05, 0) is 31.7 Å². The molecule has 0 spiro atoms. The molecule has 0 bridgehead atoms. The second-order valence-electron chi connectivity index (χ2n) is 7.70. The summed E-state index contributed by atoms with van der Waals surface area (Å²) in [5.74, 6) is 0.919. The molecule has 2 fully saturated rings. The van der Waals surface area contributed by atoms with E-state index < -0.39 is 0 Å². The lowest BCUT2D eigenvalue weighted by molar-refractivity contribution is -0.134.